The zero-order valence-electron chi connectivity index (χ0n) is 20.1. The van der Waals surface area contributed by atoms with Crippen LogP contribution in [0, 0.1) is 0 Å². The van der Waals surface area contributed by atoms with E-state index in [1.807, 2.05) is 36.4 Å². The highest BCUT2D eigenvalue weighted by Gasteiger charge is 2.24. The van der Waals surface area contributed by atoms with Gasteiger partial charge in [0, 0.05) is 66.8 Å². The minimum atomic E-state index is -4.02. The van der Waals surface area contributed by atoms with Crippen LogP contribution in [0.1, 0.15) is 0 Å². The fourth-order valence-corrected chi connectivity index (χ4v) is 6.03. The molecule has 0 unspecified atom stereocenters. The van der Waals surface area contributed by atoms with Crippen molar-refractivity contribution in [1.29, 1.82) is 0 Å². The van der Waals surface area contributed by atoms with Crippen LogP contribution in [0.4, 0.5) is 22.0 Å². The number of anilines is 3. The van der Waals surface area contributed by atoms with E-state index in [2.05, 4.69) is 25.3 Å². The van der Waals surface area contributed by atoms with Crippen molar-refractivity contribution < 1.29 is 18.3 Å². The van der Waals surface area contributed by atoms with Gasteiger partial charge in [0.2, 0.25) is 0 Å². The molecule has 0 bridgehead atoms. The standard InChI is InChI=1S/C26H23N7O4S/c34-26(35)32-13-11-31(12-14-32)21-8-6-20(7-9-21)30-24-15-22-19(16-28-24)17-29-33(22)38(36,37)23-5-1-3-18-4-2-10-27-25(18)23/h1-10,15-17H,11-14H2,(H,28,30)(H,34,35). The molecular formula is C26H23N7O4S. The van der Waals surface area contributed by atoms with Crippen LogP contribution in [0.3, 0.4) is 0 Å². The normalized spacial score (nSPS) is 14.2. The van der Waals surface area contributed by atoms with Gasteiger partial charge in [0.15, 0.2) is 0 Å². The molecule has 1 aliphatic heterocycles. The number of hydrogen-bond acceptors (Lipinski definition) is 8. The molecule has 11 nitrogen and oxygen atoms in total. The number of fused-ring (bicyclic) bond motifs is 2. The maximum Gasteiger partial charge on any atom is 0.407 e. The van der Waals surface area contributed by atoms with Gasteiger partial charge in [-0.1, -0.05) is 18.2 Å². The SMILES string of the molecule is O=C(O)N1CCN(c2ccc(Nc3cc4c(cn3)cnn4S(=O)(=O)c3cccc4cccnc34)cc2)CC1. The molecule has 0 aliphatic carbocycles. The van der Waals surface area contributed by atoms with Gasteiger partial charge < -0.3 is 20.2 Å². The third kappa shape index (κ3) is 4.24. The Kier molecular flexibility index (Phi) is 5.80. The lowest BCUT2D eigenvalue weighted by Crippen LogP contribution is -2.48. The number of pyridine rings is 2. The van der Waals surface area contributed by atoms with E-state index in [0.717, 1.165) is 20.8 Å². The lowest BCUT2D eigenvalue weighted by molar-refractivity contribution is 0.142. The van der Waals surface area contributed by atoms with Crippen molar-refractivity contribution in [2.24, 2.45) is 0 Å². The molecule has 0 atom stereocenters. The van der Waals surface area contributed by atoms with Gasteiger partial charge in [-0.25, -0.2) is 9.78 Å². The van der Waals surface area contributed by atoms with Gasteiger partial charge in [-0.15, -0.1) is 0 Å². The van der Waals surface area contributed by atoms with Crippen LogP contribution >= 0.6 is 0 Å². The average Bonchev–Trinajstić information content (AvgIpc) is 3.37. The molecule has 0 saturated carbocycles. The molecule has 192 valence electrons. The number of benzene rings is 2. The molecule has 3 aromatic heterocycles. The largest absolute Gasteiger partial charge is 0.465 e. The maximum absolute atomic E-state index is 13.6. The summed E-state index contributed by atoms with van der Waals surface area (Å²) in [6.45, 7) is 2.18. The number of amides is 1. The van der Waals surface area contributed by atoms with E-state index in [-0.39, 0.29) is 4.90 Å². The monoisotopic (exact) mass is 529 g/mol. The summed E-state index contributed by atoms with van der Waals surface area (Å²) in [7, 11) is -4.02. The van der Waals surface area contributed by atoms with Gasteiger partial charge in [-0.2, -0.15) is 17.6 Å². The third-order valence-corrected chi connectivity index (χ3v) is 8.21. The summed E-state index contributed by atoms with van der Waals surface area (Å²) in [5, 5.41) is 17.8. The summed E-state index contributed by atoms with van der Waals surface area (Å²) in [5.41, 5.74) is 2.55. The van der Waals surface area contributed by atoms with E-state index in [4.69, 9.17) is 5.11 Å². The van der Waals surface area contributed by atoms with Crippen LogP contribution < -0.4 is 10.2 Å². The Hall–Kier alpha value is -4.71. The summed E-state index contributed by atoms with van der Waals surface area (Å²) in [4.78, 5) is 23.5. The minimum Gasteiger partial charge on any atom is -0.465 e. The topological polar surface area (TPSA) is 134 Å². The number of aromatic nitrogens is 4. The first-order valence-electron chi connectivity index (χ1n) is 11.9. The molecule has 0 radical (unpaired) electrons. The number of para-hydroxylation sites is 1. The first kappa shape index (κ1) is 23.7. The Morgan fingerprint density at radius 2 is 1.66 bits per heavy atom. The van der Waals surface area contributed by atoms with Crippen molar-refractivity contribution in [2.75, 3.05) is 36.4 Å². The molecule has 6 rings (SSSR count). The fourth-order valence-electron chi connectivity index (χ4n) is 4.59. The second-order valence-electron chi connectivity index (χ2n) is 8.88. The molecule has 38 heavy (non-hydrogen) atoms. The van der Waals surface area contributed by atoms with E-state index in [1.54, 1.807) is 30.6 Å². The molecule has 1 amide bonds. The van der Waals surface area contributed by atoms with Gasteiger partial charge in [0.25, 0.3) is 10.0 Å². The Morgan fingerprint density at radius 3 is 2.42 bits per heavy atom. The molecule has 0 spiro atoms. The lowest BCUT2D eigenvalue weighted by Gasteiger charge is -2.34. The second kappa shape index (κ2) is 9.30. The first-order chi connectivity index (χ1) is 18.4. The second-order valence-corrected chi connectivity index (χ2v) is 10.6. The van der Waals surface area contributed by atoms with E-state index in [1.165, 1.54) is 17.2 Å². The zero-order valence-corrected chi connectivity index (χ0v) is 20.9. The molecule has 4 heterocycles. The molecule has 1 aliphatic rings. The molecule has 1 saturated heterocycles. The van der Waals surface area contributed by atoms with Crippen LogP contribution in [-0.2, 0) is 10.0 Å². The maximum atomic E-state index is 13.6. The number of nitrogens with zero attached hydrogens (tertiary/aromatic N) is 6. The van der Waals surface area contributed by atoms with Gasteiger partial charge in [0.05, 0.1) is 17.2 Å². The summed E-state index contributed by atoms with van der Waals surface area (Å²) >= 11 is 0. The number of piperazine rings is 1. The van der Waals surface area contributed by atoms with E-state index < -0.39 is 16.1 Å². The van der Waals surface area contributed by atoms with Crippen molar-refractivity contribution in [2.45, 2.75) is 4.90 Å². The van der Waals surface area contributed by atoms with Crippen molar-refractivity contribution in [3.63, 3.8) is 0 Å². The van der Waals surface area contributed by atoms with Crippen molar-refractivity contribution >= 4 is 55.1 Å². The first-order valence-corrected chi connectivity index (χ1v) is 13.4. The van der Waals surface area contributed by atoms with E-state index in [0.29, 0.717) is 48.4 Å². The Labute approximate surface area is 218 Å². The average molecular weight is 530 g/mol. The van der Waals surface area contributed by atoms with Gasteiger partial charge in [-0.05, 0) is 36.4 Å². The molecular weight excluding hydrogens is 506 g/mol. The predicted molar refractivity (Wildman–Crippen MR) is 143 cm³/mol. The summed E-state index contributed by atoms with van der Waals surface area (Å²) in [5.74, 6) is 0.466. The van der Waals surface area contributed by atoms with Crippen LogP contribution in [0.5, 0.6) is 0 Å². The smallest absolute Gasteiger partial charge is 0.407 e. The van der Waals surface area contributed by atoms with Crippen LogP contribution in [0.25, 0.3) is 21.8 Å². The highest BCUT2D eigenvalue weighted by molar-refractivity contribution is 7.90. The van der Waals surface area contributed by atoms with Crippen LogP contribution in [-0.4, -0.2) is 69.9 Å². The number of nitrogens with one attached hydrogen (secondary N) is 1. The number of carboxylic acid groups (broad SMARTS) is 1. The van der Waals surface area contributed by atoms with Crippen molar-refractivity contribution in [3.05, 3.63) is 79.3 Å². The number of rotatable bonds is 5. The molecule has 1 fully saturated rings. The van der Waals surface area contributed by atoms with Gasteiger partial charge in [-0.3, -0.25) is 4.98 Å². The van der Waals surface area contributed by atoms with Gasteiger partial charge in [0.1, 0.15) is 10.7 Å². The Morgan fingerprint density at radius 1 is 0.895 bits per heavy atom. The quantitative estimate of drug-likeness (QED) is 0.349. The third-order valence-electron chi connectivity index (χ3n) is 6.58. The lowest BCUT2D eigenvalue weighted by atomic mass is 10.2. The van der Waals surface area contributed by atoms with Crippen LogP contribution in [0.2, 0.25) is 0 Å². The molecule has 5 aromatic rings. The van der Waals surface area contributed by atoms with Crippen LogP contribution in [0.15, 0.2) is 84.1 Å². The molecule has 2 aromatic carbocycles. The Balaban J connectivity index is 1.26. The Bertz CT molecular complexity index is 1760. The molecule has 12 heteroatoms. The highest BCUT2D eigenvalue weighted by atomic mass is 32.2. The number of hydrogen-bond donors (Lipinski definition) is 2. The summed E-state index contributed by atoms with van der Waals surface area (Å²) in [6, 6.07) is 18.0. The van der Waals surface area contributed by atoms with Crippen molar-refractivity contribution in [1.82, 2.24) is 24.1 Å². The zero-order chi connectivity index (χ0) is 26.3. The number of carbonyl (C=O) groups is 1. The molecule has 2 N–H and O–H groups in total. The van der Waals surface area contributed by atoms with Gasteiger partial charge >= 0.3 is 6.09 Å². The van der Waals surface area contributed by atoms with Crippen molar-refractivity contribution in [3.8, 4) is 0 Å². The highest BCUT2D eigenvalue weighted by Crippen LogP contribution is 2.27. The van der Waals surface area contributed by atoms with E-state index in [9.17, 15) is 13.2 Å². The summed E-state index contributed by atoms with van der Waals surface area (Å²) in [6.07, 6.45) is 3.72. The fraction of sp³-hybridized carbons (Fsp3) is 0.154. The minimum absolute atomic E-state index is 0.0756. The summed E-state index contributed by atoms with van der Waals surface area (Å²) < 4.78 is 28.2. The predicted octanol–water partition coefficient (Wildman–Crippen LogP) is 3.76. The van der Waals surface area contributed by atoms with E-state index >= 15 is 0 Å².